The molecule has 0 amide bonds. The fourth-order valence-electron chi connectivity index (χ4n) is 1.68. The van der Waals surface area contributed by atoms with Gasteiger partial charge in [0, 0.05) is 17.5 Å². The molecule has 1 fully saturated rings. The van der Waals surface area contributed by atoms with E-state index in [-0.39, 0.29) is 12.3 Å². The fourth-order valence-corrected chi connectivity index (χ4v) is 3.82. The van der Waals surface area contributed by atoms with Crippen molar-refractivity contribution >= 4 is 19.4 Å². The SMILES string of the molecule is Cc1c[nH]c(=O)n(CC2CSC(P(=O)([O-])O)O2)c1=O. The van der Waals surface area contributed by atoms with Gasteiger partial charge in [-0.1, -0.05) is 0 Å². The minimum absolute atomic E-state index is 0.0562. The van der Waals surface area contributed by atoms with E-state index in [0.29, 0.717) is 5.56 Å². The molecule has 19 heavy (non-hydrogen) atoms. The molecule has 0 radical (unpaired) electrons. The van der Waals surface area contributed by atoms with Gasteiger partial charge in [-0.25, -0.2) is 4.79 Å². The average Bonchev–Trinajstić information content (AvgIpc) is 2.78. The van der Waals surface area contributed by atoms with Crippen LogP contribution in [0.4, 0.5) is 0 Å². The third-order valence-corrected chi connectivity index (χ3v) is 5.49. The normalized spacial score (nSPS) is 26.3. The molecule has 0 spiro atoms. The summed E-state index contributed by atoms with van der Waals surface area (Å²) in [6.07, 6.45) is 0.693. The maximum atomic E-state index is 11.8. The molecule has 1 saturated heterocycles. The van der Waals surface area contributed by atoms with Crippen LogP contribution < -0.4 is 16.1 Å². The molecule has 0 aromatic carbocycles. The zero-order valence-corrected chi connectivity index (χ0v) is 11.6. The summed E-state index contributed by atoms with van der Waals surface area (Å²) in [5.74, 6) is 0.275. The Hall–Kier alpha value is -0.860. The van der Waals surface area contributed by atoms with Gasteiger partial charge in [0.2, 0.25) is 0 Å². The number of aromatic nitrogens is 2. The van der Waals surface area contributed by atoms with Crippen molar-refractivity contribution in [3.05, 3.63) is 32.6 Å². The van der Waals surface area contributed by atoms with Crippen molar-refractivity contribution in [1.82, 2.24) is 9.55 Å². The second-order valence-electron chi connectivity index (χ2n) is 4.16. The van der Waals surface area contributed by atoms with Crippen LogP contribution in [0.3, 0.4) is 0 Å². The third-order valence-electron chi connectivity index (χ3n) is 2.63. The molecule has 1 aromatic rings. The van der Waals surface area contributed by atoms with Crippen molar-refractivity contribution in [2.75, 3.05) is 5.75 Å². The van der Waals surface area contributed by atoms with E-state index in [0.717, 1.165) is 16.3 Å². The zero-order valence-electron chi connectivity index (χ0n) is 9.94. The summed E-state index contributed by atoms with van der Waals surface area (Å²) >= 11 is 0.917. The monoisotopic (exact) mass is 307 g/mol. The second kappa shape index (κ2) is 5.26. The van der Waals surface area contributed by atoms with Crippen LogP contribution in [0.15, 0.2) is 15.8 Å². The standard InChI is InChI=1S/C9H13N2O6PS/c1-5-2-10-8(13)11(7(5)12)3-6-4-19-9(17-6)18(14,15)16/h2,6,9H,3-4H2,1H3,(H,10,13)(H2,14,15,16)/p-1. The molecule has 1 aliphatic rings. The highest BCUT2D eigenvalue weighted by molar-refractivity contribution is 8.05. The molecule has 2 heterocycles. The molecule has 2 rings (SSSR count). The topological polar surface area (TPSA) is 124 Å². The summed E-state index contributed by atoms with van der Waals surface area (Å²) in [6, 6.07) is 0. The lowest BCUT2D eigenvalue weighted by molar-refractivity contribution is -0.201. The van der Waals surface area contributed by atoms with Crippen LogP contribution in [0.2, 0.25) is 0 Å². The van der Waals surface area contributed by atoms with Crippen molar-refractivity contribution in [2.24, 2.45) is 0 Å². The van der Waals surface area contributed by atoms with Gasteiger partial charge in [0.1, 0.15) is 0 Å². The lowest BCUT2D eigenvalue weighted by atomic mass is 10.3. The van der Waals surface area contributed by atoms with Gasteiger partial charge in [0.05, 0.1) is 12.6 Å². The summed E-state index contributed by atoms with van der Waals surface area (Å²) < 4.78 is 17.0. The van der Waals surface area contributed by atoms with Gasteiger partial charge >= 0.3 is 5.69 Å². The van der Waals surface area contributed by atoms with Crippen molar-refractivity contribution in [2.45, 2.75) is 24.7 Å². The number of nitrogens with one attached hydrogen (secondary N) is 1. The predicted molar refractivity (Wildman–Crippen MR) is 67.0 cm³/mol. The number of aryl methyl sites for hydroxylation is 1. The van der Waals surface area contributed by atoms with E-state index in [2.05, 4.69) is 4.98 Å². The maximum Gasteiger partial charge on any atom is 0.328 e. The summed E-state index contributed by atoms with van der Waals surface area (Å²) in [6.45, 7) is 1.50. The molecule has 8 nitrogen and oxygen atoms in total. The molecule has 1 aromatic heterocycles. The first-order valence-electron chi connectivity index (χ1n) is 5.38. The molecule has 10 heteroatoms. The summed E-state index contributed by atoms with van der Waals surface area (Å²) in [5, 5.41) is -1.34. The van der Waals surface area contributed by atoms with Gasteiger partial charge in [-0.05, 0) is 6.92 Å². The number of H-pyrrole nitrogens is 1. The minimum atomic E-state index is -4.57. The largest absolute Gasteiger partial charge is 0.776 e. The van der Waals surface area contributed by atoms with Crippen molar-refractivity contribution in [3.63, 3.8) is 0 Å². The van der Waals surface area contributed by atoms with Crippen LogP contribution in [0.5, 0.6) is 0 Å². The van der Waals surface area contributed by atoms with Gasteiger partial charge in [0.15, 0.2) is 12.8 Å². The molecular weight excluding hydrogens is 295 g/mol. The molecule has 0 bridgehead atoms. The van der Waals surface area contributed by atoms with Crippen molar-refractivity contribution in [3.8, 4) is 0 Å². The molecular formula is C9H12N2O6PS-. The number of nitrogens with zero attached hydrogens (tertiary/aromatic N) is 1. The summed E-state index contributed by atoms with van der Waals surface area (Å²) in [5.41, 5.74) is -0.657. The Bertz CT molecular complexity index is 634. The van der Waals surface area contributed by atoms with Gasteiger partial charge in [-0.2, -0.15) is 0 Å². The number of thioether (sulfide) groups is 1. The van der Waals surface area contributed by atoms with Gasteiger partial charge in [-0.3, -0.25) is 9.36 Å². The average molecular weight is 307 g/mol. The fraction of sp³-hybridized carbons (Fsp3) is 0.556. The quantitative estimate of drug-likeness (QED) is 0.672. The Morgan fingerprint density at radius 1 is 1.68 bits per heavy atom. The first kappa shape index (κ1) is 14.5. The van der Waals surface area contributed by atoms with E-state index in [1.54, 1.807) is 6.92 Å². The van der Waals surface area contributed by atoms with Gasteiger partial charge < -0.3 is 24.1 Å². The Kier molecular flexibility index (Phi) is 4.03. The van der Waals surface area contributed by atoms with E-state index in [1.165, 1.54) is 6.20 Å². The van der Waals surface area contributed by atoms with Gasteiger partial charge in [0.25, 0.3) is 5.56 Å². The van der Waals surface area contributed by atoms with Crippen LogP contribution in [-0.2, 0) is 15.8 Å². The highest BCUT2D eigenvalue weighted by atomic mass is 32.2. The lowest BCUT2D eigenvalue weighted by Gasteiger charge is -2.22. The summed E-state index contributed by atoms with van der Waals surface area (Å²) in [4.78, 5) is 45.5. The van der Waals surface area contributed by atoms with E-state index in [1.807, 2.05) is 0 Å². The van der Waals surface area contributed by atoms with Crippen molar-refractivity contribution in [1.29, 1.82) is 0 Å². The Balaban J connectivity index is 2.17. The molecule has 3 unspecified atom stereocenters. The number of rotatable bonds is 3. The molecule has 1 aliphatic heterocycles. The van der Waals surface area contributed by atoms with E-state index < -0.39 is 30.1 Å². The van der Waals surface area contributed by atoms with Crippen LogP contribution in [0.25, 0.3) is 0 Å². The predicted octanol–water partition coefficient (Wildman–Crippen LogP) is -1.19. The number of hydrogen-bond acceptors (Lipinski definition) is 6. The van der Waals surface area contributed by atoms with E-state index >= 15 is 0 Å². The van der Waals surface area contributed by atoms with Crippen LogP contribution in [-0.4, -0.2) is 31.5 Å². The Labute approximate surface area is 112 Å². The number of ether oxygens (including phenoxy) is 1. The third kappa shape index (κ3) is 3.18. The van der Waals surface area contributed by atoms with Gasteiger partial charge in [-0.15, -0.1) is 11.8 Å². The Morgan fingerprint density at radius 3 is 2.95 bits per heavy atom. The number of hydrogen-bond donors (Lipinski definition) is 2. The molecule has 2 N–H and O–H groups in total. The first-order valence-corrected chi connectivity index (χ1v) is 8.08. The second-order valence-corrected chi connectivity index (χ2v) is 7.20. The zero-order chi connectivity index (χ0) is 14.2. The lowest BCUT2D eigenvalue weighted by Crippen LogP contribution is -2.39. The molecule has 0 saturated carbocycles. The van der Waals surface area contributed by atoms with E-state index in [4.69, 9.17) is 9.63 Å². The summed E-state index contributed by atoms with van der Waals surface area (Å²) in [7, 11) is -4.57. The van der Waals surface area contributed by atoms with Crippen molar-refractivity contribution < 1.29 is 19.1 Å². The van der Waals surface area contributed by atoms with Crippen LogP contribution >= 0.6 is 19.4 Å². The minimum Gasteiger partial charge on any atom is -0.776 e. The van der Waals surface area contributed by atoms with Crippen LogP contribution in [0.1, 0.15) is 5.56 Å². The molecule has 0 aliphatic carbocycles. The Morgan fingerprint density at radius 2 is 2.37 bits per heavy atom. The molecule has 106 valence electrons. The van der Waals surface area contributed by atoms with Crippen LogP contribution in [0, 0.1) is 6.92 Å². The highest BCUT2D eigenvalue weighted by Crippen LogP contribution is 2.48. The first-order chi connectivity index (χ1) is 8.79. The highest BCUT2D eigenvalue weighted by Gasteiger charge is 2.33. The smallest absolute Gasteiger partial charge is 0.328 e. The maximum absolute atomic E-state index is 11.8. The van der Waals surface area contributed by atoms with E-state index in [9.17, 15) is 19.0 Å². The molecule has 3 atom stereocenters. The number of aromatic amines is 1.